The molecule has 0 spiro atoms. The smallest absolute Gasteiger partial charge is 0.237 e. The number of hydrogen-bond acceptors (Lipinski definition) is 5. The highest BCUT2D eigenvalue weighted by atomic mass is 32.2. The molecule has 0 aliphatic heterocycles. The molecule has 0 saturated heterocycles. The first-order chi connectivity index (χ1) is 10.1. The lowest BCUT2D eigenvalue weighted by molar-refractivity contribution is -0.115. The molecule has 1 aromatic carbocycles. The van der Waals surface area contributed by atoms with Crippen molar-refractivity contribution in [3.8, 4) is 0 Å². The number of nitrogens with two attached hydrogens (primary N) is 1. The molecule has 110 valence electrons. The number of aromatic amines is 1. The Morgan fingerprint density at radius 1 is 1.43 bits per heavy atom. The van der Waals surface area contributed by atoms with Crippen molar-refractivity contribution < 1.29 is 4.79 Å². The highest BCUT2D eigenvalue weighted by Crippen LogP contribution is 2.26. The Bertz CT molecular complexity index is 669. The van der Waals surface area contributed by atoms with Crippen LogP contribution in [-0.2, 0) is 17.6 Å². The second-order valence-corrected chi connectivity index (χ2v) is 6.40. The van der Waals surface area contributed by atoms with Gasteiger partial charge in [-0.3, -0.25) is 4.79 Å². The van der Waals surface area contributed by atoms with E-state index in [1.807, 2.05) is 13.0 Å². The zero-order valence-electron chi connectivity index (χ0n) is 11.7. The third-order valence-corrected chi connectivity index (χ3v) is 4.46. The highest BCUT2D eigenvalue weighted by molar-refractivity contribution is 8.00. The third kappa shape index (κ3) is 3.18. The van der Waals surface area contributed by atoms with E-state index in [1.54, 1.807) is 0 Å². The van der Waals surface area contributed by atoms with E-state index in [9.17, 15) is 4.79 Å². The van der Waals surface area contributed by atoms with Crippen molar-refractivity contribution in [2.45, 2.75) is 36.6 Å². The minimum atomic E-state index is -0.298. The van der Waals surface area contributed by atoms with Gasteiger partial charge in [0.25, 0.3) is 0 Å². The van der Waals surface area contributed by atoms with E-state index in [0.717, 1.165) is 18.5 Å². The number of benzene rings is 1. The number of amides is 1. The van der Waals surface area contributed by atoms with Crippen LogP contribution in [-0.4, -0.2) is 26.3 Å². The minimum absolute atomic E-state index is 0.0682. The average Bonchev–Trinajstić information content (AvgIpc) is 3.07. The summed E-state index contributed by atoms with van der Waals surface area (Å²) in [6, 6.07) is 6.14. The maximum Gasteiger partial charge on any atom is 0.237 e. The Labute approximate surface area is 126 Å². The van der Waals surface area contributed by atoms with Gasteiger partial charge in [0.15, 0.2) is 0 Å². The van der Waals surface area contributed by atoms with Crippen LogP contribution in [0.15, 0.2) is 23.4 Å². The number of nitrogens with one attached hydrogen (secondary N) is 2. The number of nitrogen functional groups attached to an aromatic ring is 1. The molecule has 1 unspecified atom stereocenters. The fraction of sp³-hybridized carbons (Fsp3) is 0.357. The molecule has 6 nitrogen and oxygen atoms in total. The summed E-state index contributed by atoms with van der Waals surface area (Å²) in [6.07, 6.45) is 3.44. The molecule has 2 aromatic rings. The summed E-state index contributed by atoms with van der Waals surface area (Å²) in [5.41, 5.74) is 9.05. The van der Waals surface area contributed by atoms with Crippen LogP contribution < -0.4 is 11.1 Å². The standard InChI is InChI=1S/C14H17N5OS/c1-8(21-14-17-13(15)18-19-14)12(20)16-11-6-5-9-3-2-4-10(9)7-11/h5-8H,2-4H2,1H3,(H,16,20)(H3,15,17,18,19). The molecule has 1 atom stereocenters. The fourth-order valence-electron chi connectivity index (χ4n) is 2.42. The number of fused-ring (bicyclic) bond motifs is 1. The number of H-pyrrole nitrogens is 1. The predicted octanol–water partition coefficient (Wildman–Crippen LogP) is 1.99. The van der Waals surface area contributed by atoms with Gasteiger partial charge in [0.1, 0.15) is 0 Å². The third-order valence-electron chi connectivity index (χ3n) is 3.50. The normalized spacial score (nSPS) is 14.7. The summed E-state index contributed by atoms with van der Waals surface area (Å²) in [7, 11) is 0. The van der Waals surface area contributed by atoms with Crippen LogP contribution in [0.25, 0.3) is 0 Å². The topological polar surface area (TPSA) is 96.7 Å². The van der Waals surface area contributed by atoms with Gasteiger partial charge in [-0.1, -0.05) is 17.8 Å². The summed E-state index contributed by atoms with van der Waals surface area (Å²) in [6.45, 7) is 1.82. The van der Waals surface area contributed by atoms with Crippen LogP contribution in [0, 0.1) is 0 Å². The molecule has 1 aliphatic carbocycles. The number of rotatable bonds is 4. The lowest BCUT2D eigenvalue weighted by atomic mass is 10.1. The van der Waals surface area contributed by atoms with E-state index in [4.69, 9.17) is 5.73 Å². The van der Waals surface area contributed by atoms with E-state index >= 15 is 0 Å². The molecule has 1 amide bonds. The van der Waals surface area contributed by atoms with Crippen molar-refractivity contribution in [2.75, 3.05) is 11.1 Å². The molecule has 3 rings (SSSR count). The Balaban J connectivity index is 1.63. The maximum atomic E-state index is 12.2. The van der Waals surface area contributed by atoms with Gasteiger partial charge >= 0.3 is 0 Å². The Morgan fingerprint density at radius 3 is 3.00 bits per heavy atom. The number of nitrogens with zero attached hydrogens (tertiary/aromatic N) is 2. The van der Waals surface area contributed by atoms with Crippen molar-refractivity contribution in [3.63, 3.8) is 0 Å². The Hall–Kier alpha value is -2.02. The van der Waals surface area contributed by atoms with Gasteiger partial charge in [0.2, 0.25) is 17.0 Å². The summed E-state index contributed by atoms with van der Waals surface area (Å²) in [5, 5.41) is 9.59. The largest absolute Gasteiger partial charge is 0.368 e. The second kappa shape index (κ2) is 5.77. The molecule has 7 heteroatoms. The van der Waals surface area contributed by atoms with Crippen molar-refractivity contribution >= 4 is 29.3 Å². The molecule has 4 N–H and O–H groups in total. The van der Waals surface area contributed by atoms with Crippen LogP contribution in [0.5, 0.6) is 0 Å². The first-order valence-corrected chi connectivity index (χ1v) is 7.77. The zero-order valence-corrected chi connectivity index (χ0v) is 12.5. The molecule has 0 fully saturated rings. The number of carbonyl (C=O) groups is 1. The quantitative estimate of drug-likeness (QED) is 0.751. The van der Waals surface area contributed by atoms with Crippen LogP contribution >= 0.6 is 11.8 Å². The van der Waals surface area contributed by atoms with Gasteiger partial charge in [-0.05, 0) is 49.4 Å². The summed E-state index contributed by atoms with van der Waals surface area (Å²) in [4.78, 5) is 16.2. The van der Waals surface area contributed by atoms with Crippen molar-refractivity contribution in [1.29, 1.82) is 0 Å². The SMILES string of the molecule is CC(Sc1n[nH]c(N)n1)C(=O)Nc1ccc2c(c1)CCC2. The zero-order chi connectivity index (χ0) is 14.8. The van der Waals surface area contributed by atoms with Crippen LogP contribution in [0.2, 0.25) is 0 Å². The van der Waals surface area contributed by atoms with Crippen LogP contribution in [0.3, 0.4) is 0 Å². The lowest BCUT2D eigenvalue weighted by Crippen LogP contribution is -2.22. The lowest BCUT2D eigenvalue weighted by Gasteiger charge is -2.11. The van der Waals surface area contributed by atoms with Gasteiger partial charge in [-0.25, -0.2) is 5.10 Å². The molecule has 0 bridgehead atoms. The van der Waals surface area contributed by atoms with Crippen molar-refractivity contribution in [3.05, 3.63) is 29.3 Å². The summed E-state index contributed by atoms with van der Waals surface area (Å²) < 4.78 is 0. The van der Waals surface area contributed by atoms with Gasteiger partial charge in [0.05, 0.1) is 5.25 Å². The summed E-state index contributed by atoms with van der Waals surface area (Å²) in [5.74, 6) is 0.185. The van der Waals surface area contributed by atoms with Crippen molar-refractivity contribution in [1.82, 2.24) is 15.2 Å². The number of aryl methyl sites for hydroxylation is 2. The van der Waals surface area contributed by atoms with Crippen LogP contribution in [0.4, 0.5) is 11.6 Å². The number of aromatic nitrogens is 3. The number of carbonyl (C=O) groups excluding carboxylic acids is 1. The number of thioether (sulfide) groups is 1. The Kier molecular flexibility index (Phi) is 3.83. The van der Waals surface area contributed by atoms with Gasteiger partial charge < -0.3 is 11.1 Å². The molecule has 1 heterocycles. The van der Waals surface area contributed by atoms with Gasteiger partial charge in [0, 0.05) is 5.69 Å². The summed E-state index contributed by atoms with van der Waals surface area (Å²) >= 11 is 1.27. The molecular formula is C14H17N5OS. The minimum Gasteiger partial charge on any atom is -0.368 e. The highest BCUT2D eigenvalue weighted by Gasteiger charge is 2.18. The Morgan fingerprint density at radius 2 is 2.24 bits per heavy atom. The fourth-order valence-corrected chi connectivity index (χ4v) is 3.15. The predicted molar refractivity (Wildman–Crippen MR) is 83.2 cm³/mol. The second-order valence-electron chi connectivity index (χ2n) is 5.09. The molecular weight excluding hydrogens is 286 g/mol. The number of anilines is 2. The molecule has 0 radical (unpaired) electrons. The molecule has 0 saturated carbocycles. The maximum absolute atomic E-state index is 12.2. The van der Waals surface area contributed by atoms with E-state index in [-0.39, 0.29) is 17.1 Å². The van der Waals surface area contributed by atoms with Gasteiger partial charge in [-0.2, -0.15) is 4.98 Å². The van der Waals surface area contributed by atoms with Gasteiger partial charge in [-0.15, -0.1) is 5.10 Å². The van der Waals surface area contributed by atoms with Crippen LogP contribution in [0.1, 0.15) is 24.5 Å². The first kappa shape index (κ1) is 13.9. The van der Waals surface area contributed by atoms with E-state index in [1.165, 1.54) is 29.3 Å². The molecule has 1 aromatic heterocycles. The first-order valence-electron chi connectivity index (χ1n) is 6.89. The molecule has 21 heavy (non-hydrogen) atoms. The average molecular weight is 303 g/mol. The van der Waals surface area contributed by atoms with E-state index < -0.39 is 0 Å². The monoisotopic (exact) mass is 303 g/mol. The number of hydrogen-bond donors (Lipinski definition) is 3. The molecule has 1 aliphatic rings. The van der Waals surface area contributed by atoms with E-state index in [0.29, 0.717) is 5.16 Å². The van der Waals surface area contributed by atoms with E-state index in [2.05, 4.69) is 32.6 Å². The van der Waals surface area contributed by atoms with Crippen molar-refractivity contribution in [2.24, 2.45) is 0 Å².